The van der Waals surface area contributed by atoms with Gasteiger partial charge in [-0.25, -0.2) is 0 Å². The first-order valence-electron chi connectivity index (χ1n) is 20.0. The van der Waals surface area contributed by atoms with Gasteiger partial charge in [0.2, 0.25) is 0 Å². The van der Waals surface area contributed by atoms with E-state index in [2.05, 4.69) is 0 Å². The molecule has 0 fully saturated rings. The Balaban J connectivity index is 0.000000200. The van der Waals surface area contributed by atoms with Crippen LogP contribution in [0.5, 0.6) is 46.0 Å². The zero-order chi connectivity index (χ0) is 50.6. The van der Waals surface area contributed by atoms with Crippen LogP contribution in [0.4, 0.5) is 0 Å². The van der Waals surface area contributed by atoms with Crippen molar-refractivity contribution in [1.29, 1.82) is 0 Å². The van der Waals surface area contributed by atoms with Gasteiger partial charge in [0, 0.05) is 0 Å². The van der Waals surface area contributed by atoms with E-state index in [1.54, 1.807) is 0 Å². The summed E-state index contributed by atoms with van der Waals surface area (Å²) in [4.78, 5) is 0. The first-order chi connectivity index (χ1) is 33.6. The van der Waals surface area contributed by atoms with Crippen molar-refractivity contribution < 1.29 is 59.4 Å². The van der Waals surface area contributed by atoms with Crippen LogP contribution in [0.2, 0.25) is 0 Å². The monoisotopic (exact) mass is 1240 g/mol. The van der Waals surface area contributed by atoms with Gasteiger partial charge in [-0.05, 0) is 144 Å². The molecule has 0 saturated carbocycles. The quantitative estimate of drug-likeness (QED) is 0.0522. The summed E-state index contributed by atoms with van der Waals surface area (Å²) in [5, 5.41) is 0. The molecule has 0 aromatic heterocycles. The minimum atomic E-state index is -2.72. The Bertz CT molecular complexity index is 2310. The zero-order valence-corrected chi connectivity index (χ0v) is 48.3. The molecule has 9 nitrogen and oxygen atoms in total. The molecular formula is C48H40MoO9P4S8. The Kier molecular flexibility index (Phi) is 27.0. The van der Waals surface area contributed by atoms with Crippen LogP contribution in [0.15, 0.2) is 243 Å². The molecule has 8 aromatic carbocycles. The van der Waals surface area contributed by atoms with Crippen LogP contribution in [0.1, 0.15) is 0 Å². The second kappa shape index (κ2) is 32.0. The summed E-state index contributed by atoms with van der Waals surface area (Å²) >= 11 is 42.2. The molecule has 0 spiro atoms. The first kappa shape index (κ1) is 59.2. The molecule has 22 heteroatoms. The third-order valence-corrected chi connectivity index (χ3v) is 14.7. The van der Waals surface area contributed by atoms with Crippen molar-refractivity contribution in [3.63, 3.8) is 0 Å². The van der Waals surface area contributed by atoms with E-state index in [4.69, 9.17) is 136 Å². The number of hydrogen-bond acceptors (Lipinski definition) is 17. The molecule has 70 heavy (non-hydrogen) atoms. The Morgan fingerprint density at radius 1 is 0.229 bits per heavy atom. The van der Waals surface area contributed by atoms with E-state index in [1.807, 2.05) is 243 Å². The normalized spacial score (nSPS) is 10.7. The zero-order valence-electron chi connectivity index (χ0n) is 36.2. The Hall–Kier alpha value is -3.35. The summed E-state index contributed by atoms with van der Waals surface area (Å²) in [6, 6.07) is 73.9. The van der Waals surface area contributed by atoms with Crippen molar-refractivity contribution in [3.05, 3.63) is 243 Å². The van der Waals surface area contributed by atoms with Gasteiger partial charge in [-0.1, -0.05) is 146 Å². The fourth-order valence-electron chi connectivity index (χ4n) is 4.96. The summed E-state index contributed by atoms with van der Waals surface area (Å²) in [6.07, 6.45) is 0. The Labute approximate surface area is 462 Å². The van der Waals surface area contributed by atoms with Gasteiger partial charge in [0.25, 0.3) is 0 Å². The molecule has 0 atom stereocenters. The van der Waals surface area contributed by atoms with E-state index in [-0.39, 0.29) is 0 Å². The molecule has 0 aliphatic rings. The van der Waals surface area contributed by atoms with E-state index >= 15 is 0 Å². The summed E-state index contributed by atoms with van der Waals surface area (Å²) in [6.45, 7) is 0. The summed E-state index contributed by atoms with van der Waals surface area (Å²) < 4.78 is 52.5. The molecule has 0 heterocycles. The molecule has 0 unspecified atom stereocenters. The Morgan fingerprint density at radius 3 is 0.400 bits per heavy atom. The SMILES string of the molecule is S=P([S-])(Oc1ccccc1)Oc1ccccc1.S=P([S-])(Oc1ccccc1)Oc1ccccc1.S=P([S-])(Oc1ccccc1)Oc1ccccc1.S=P([S-])(Oc1ccccc1)Oc1ccccc1.[O]=[Mo+4]. The second-order valence-corrected chi connectivity index (χ2v) is 32.4. The van der Waals surface area contributed by atoms with Crippen molar-refractivity contribution in [2.75, 3.05) is 0 Å². The summed E-state index contributed by atoms with van der Waals surface area (Å²) in [5.74, 6) is 5.12. The number of hydrogen-bond donors (Lipinski definition) is 0. The molecule has 360 valence electrons. The van der Waals surface area contributed by atoms with Crippen LogP contribution < -0.4 is 36.2 Å². The van der Waals surface area contributed by atoms with Gasteiger partial charge in [-0.2, -0.15) is 0 Å². The molecule has 0 N–H and O–H groups in total. The molecule has 0 aliphatic carbocycles. The third kappa shape index (κ3) is 25.9. The van der Waals surface area contributed by atoms with E-state index in [0.717, 1.165) is 0 Å². The van der Waals surface area contributed by atoms with Crippen LogP contribution in [0, 0.1) is 0 Å². The van der Waals surface area contributed by atoms with Crippen LogP contribution >= 0.6 is 22.8 Å². The van der Waals surface area contributed by atoms with Crippen molar-refractivity contribution in [3.8, 4) is 46.0 Å². The molecule has 0 saturated heterocycles. The van der Waals surface area contributed by atoms with Crippen molar-refractivity contribution >= 4 is 119 Å². The average molecular weight is 1240 g/mol. The predicted molar refractivity (Wildman–Crippen MR) is 304 cm³/mol. The van der Waals surface area contributed by atoms with Crippen molar-refractivity contribution in [1.82, 2.24) is 0 Å². The van der Waals surface area contributed by atoms with Crippen LogP contribution in [-0.2, 0) is 119 Å². The second-order valence-electron chi connectivity index (χ2n) is 13.0. The number of rotatable bonds is 16. The standard InChI is InChI=1S/4C12H11O2PS2.Mo.O/c4*16-15(17,13-11-7-3-1-4-8-11)14-12-9-5-2-6-10-12;;/h4*1-10H,(H,16,17);;/q;;;;+4;/p-4. The number of para-hydroxylation sites is 8. The maximum atomic E-state index is 8.26. The molecule has 8 rings (SSSR count). The topological polar surface area (TPSA) is 90.9 Å². The van der Waals surface area contributed by atoms with Crippen molar-refractivity contribution in [2.45, 2.75) is 0 Å². The van der Waals surface area contributed by atoms with E-state index in [9.17, 15) is 0 Å². The van der Waals surface area contributed by atoms with E-state index in [0.29, 0.717) is 65.8 Å². The van der Waals surface area contributed by atoms with Gasteiger partial charge in [0.15, 0.2) is 22.8 Å². The molecule has 0 aliphatic heterocycles. The average Bonchev–Trinajstić information content (AvgIpc) is 3.34. The fourth-order valence-corrected chi connectivity index (χ4v) is 12.3. The van der Waals surface area contributed by atoms with Gasteiger partial charge in [-0.3, -0.25) is 0 Å². The van der Waals surface area contributed by atoms with E-state index < -0.39 is 22.8 Å². The van der Waals surface area contributed by atoms with Crippen molar-refractivity contribution in [2.24, 2.45) is 0 Å². The van der Waals surface area contributed by atoms with Crippen LogP contribution in [-0.4, -0.2) is 0 Å². The predicted octanol–water partition coefficient (Wildman–Crippen LogP) is 15.5. The van der Waals surface area contributed by atoms with E-state index in [1.165, 1.54) is 0 Å². The third-order valence-electron chi connectivity index (χ3n) is 7.68. The van der Waals surface area contributed by atoms with Gasteiger partial charge in [-0.15, -0.1) is 0 Å². The van der Waals surface area contributed by atoms with Gasteiger partial charge >= 0.3 is 23.2 Å². The maximum absolute atomic E-state index is 8.26. The van der Waals surface area contributed by atoms with Crippen LogP contribution in [0.3, 0.4) is 0 Å². The van der Waals surface area contributed by atoms with Gasteiger partial charge < -0.3 is 85.2 Å². The van der Waals surface area contributed by atoms with Gasteiger partial charge in [0.1, 0.15) is 46.0 Å². The molecule has 8 aromatic rings. The molecule has 0 bridgehead atoms. The fraction of sp³-hybridized carbons (Fsp3) is 0. The molecule has 0 radical (unpaired) electrons. The number of benzene rings is 8. The molecular weight excluding hydrogens is 1200 g/mol. The molecule has 0 amide bonds. The minimum absolute atomic E-state index is 0.641. The summed E-state index contributed by atoms with van der Waals surface area (Å²) in [5.41, 5.74) is -10.9. The van der Waals surface area contributed by atoms with Gasteiger partial charge in [0.05, 0.1) is 0 Å². The summed E-state index contributed by atoms with van der Waals surface area (Å²) in [7, 11) is 0. The van der Waals surface area contributed by atoms with Crippen LogP contribution in [0.25, 0.3) is 0 Å². The first-order valence-corrected chi connectivity index (χ1v) is 35.4. The Morgan fingerprint density at radius 2 is 0.314 bits per heavy atom.